The van der Waals surface area contributed by atoms with E-state index in [4.69, 9.17) is 28.4 Å². The van der Waals surface area contributed by atoms with Gasteiger partial charge in [0.15, 0.2) is 11.1 Å². The zero-order valence-corrected chi connectivity index (χ0v) is 46.6. The van der Waals surface area contributed by atoms with Crippen LogP contribution in [0, 0.1) is 0 Å². The first kappa shape index (κ1) is 56.9. The minimum absolute atomic E-state index is 0.00783. The maximum absolute atomic E-state index is 13.0. The smallest absolute Gasteiger partial charge is 0.409 e. The number of nitrogens with zero attached hydrogens (tertiary/aromatic N) is 3. The first-order valence-electron chi connectivity index (χ1n) is 28.3. The van der Waals surface area contributed by atoms with Gasteiger partial charge in [0.25, 0.3) is 0 Å². The topological polar surface area (TPSA) is 213 Å². The number of aromatic hydroxyl groups is 1. The summed E-state index contributed by atoms with van der Waals surface area (Å²) >= 11 is 0. The Balaban J connectivity index is 0.000000186. The zero-order chi connectivity index (χ0) is 58.0. The van der Waals surface area contributed by atoms with Crippen molar-refractivity contribution in [3.63, 3.8) is 0 Å². The van der Waals surface area contributed by atoms with Crippen LogP contribution >= 0.6 is 0 Å². The SMILES string of the molecule is CCOC(=O)C(=CNc1ccc(OC2CCN(C(=O)OCC3c4ccccc4-c4ccccc43)CC2)cc1)C(=O)OCC.CCc1cccc2nc(OC3CCN(C(=O)OCC4c5ccccc5-c5ccccc54)CC3)c(C(=O)O)c(O)c12. The number of hydrogen-bond acceptors (Lipinski definition) is 14. The van der Waals surface area contributed by atoms with E-state index in [2.05, 4.69) is 58.8 Å². The monoisotopic (exact) mass is 1120 g/mol. The number of carboxylic acids is 1. The highest BCUT2D eigenvalue weighted by Gasteiger charge is 2.34. The molecule has 3 heterocycles. The lowest BCUT2D eigenvalue weighted by Crippen LogP contribution is -2.42. The molecule has 0 saturated carbocycles. The Bertz CT molecular complexity index is 3440. The molecule has 3 N–H and O–H groups in total. The van der Waals surface area contributed by atoms with Gasteiger partial charge >= 0.3 is 30.1 Å². The van der Waals surface area contributed by atoms with Crippen LogP contribution in [0.3, 0.4) is 0 Å². The van der Waals surface area contributed by atoms with Gasteiger partial charge in [0.05, 0.1) is 18.7 Å². The van der Waals surface area contributed by atoms with Gasteiger partial charge in [-0.2, -0.15) is 0 Å². The Labute approximate surface area is 481 Å². The van der Waals surface area contributed by atoms with E-state index in [1.807, 2.05) is 79.7 Å². The van der Waals surface area contributed by atoms with Crippen LogP contribution in [0.4, 0.5) is 15.3 Å². The Morgan fingerprint density at radius 2 is 1.01 bits per heavy atom. The number of nitrogens with one attached hydrogen (secondary N) is 1. The number of piperidine rings is 2. The molecule has 0 unspecified atom stereocenters. The fraction of sp³-hybridized carbons (Fsp3) is 0.303. The molecule has 1 aromatic heterocycles. The standard InChI is InChI=1S/C34H36N2O7.C32H30N2O6/c1-3-40-32(37)30(33(38)41-4-2)21-35-23-13-15-24(16-14-23)43-25-17-19-36(20-18-25)34(39)42-22-31-28-11-7-5-9-26(28)27-10-6-8-12-29(27)31;1-2-19-8-7-13-26-27(19)29(35)28(31(36)37)30(33-26)40-20-14-16-34(17-15-20)32(38)39-18-25-23-11-5-3-9-21(23)22-10-4-6-12-24(22)25/h5-16,21,25,31,35H,3-4,17-20,22H2,1-2H3;3-13,20,25H,2,14-18H2,1H3,(H,33,35)(H,36,37). The van der Waals surface area contributed by atoms with Gasteiger partial charge in [-0.15, -0.1) is 0 Å². The minimum Gasteiger partial charge on any atom is -0.506 e. The molecule has 2 aliphatic heterocycles. The second kappa shape index (κ2) is 26.0. The molecule has 2 fully saturated rings. The van der Waals surface area contributed by atoms with E-state index in [0.29, 0.717) is 87.2 Å². The van der Waals surface area contributed by atoms with Crippen molar-refractivity contribution in [2.24, 2.45) is 0 Å². The van der Waals surface area contributed by atoms with Gasteiger partial charge < -0.3 is 53.8 Å². The predicted octanol–water partition coefficient (Wildman–Crippen LogP) is 11.9. The van der Waals surface area contributed by atoms with Gasteiger partial charge in [-0.1, -0.05) is 116 Å². The predicted molar refractivity (Wildman–Crippen MR) is 312 cm³/mol. The summed E-state index contributed by atoms with van der Waals surface area (Å²) in [5.41, 5.74) is 10.9. The molecule has 4 aliphatic rings. The summed E-state index contributed by atoms with van der Waals surface area (Å²) in [6, 6.07) is 45.6. The largest absolute Gasteiger partial charge is 0.506 e. The fourth-order valence-electron chi connectivity index (χ4n) is 11.4. The summed E-state index contributed by atoms with van der Waals surface area (Å²) in [7, 11) is 0. The van der Waals surface area contributed by atoms with Crippen molar-refractivity contribution < 1.29 is 62.6 Å². The number of pyridine rings is 1. The van der Waals surface area contributed by atoms with Gasteiger partial charge in [-0.25, -0.2) is 29.0 Å². The van der Waals surface area contributed by atoms with E-state index >= 15 is 0 Å². The molecule has 2 amide bonds. The summed E-state index contributed by atoms with van der Waals surface area (Å²) < 4.78 is 33.7. The van der Waals surface area contributed by atoms with Gasteiger partial charge in [0.1, 0.15) is 36.9 Å². The van der Waals surface area contributed by atoms with Crippen LogP contribution in [-0.2, 0) is 35.0 Å². The first-order valence-corrected chi connectivity index (χ1v) is 28.3. The number of anilines is 1. The number of benzene rings is 6. The zero-order valence-electron chi connectivity index (χ0n) is 46.6. The lowest BCUT2D eigenvalue weighted by Gasteiger charge is -2.32. The summed E-state index contributed by atoms with van der Waals surface area (Å²) in [4.78, 5) is 70.1. The van der Waals surface area contributed by atoms with Crippen LogP contribution in [0.15, 0.2) is 151 Å². The van der Waals surface area contributed by atoms with Gasteiger partial charge in [-0.05, 0) is 101 Å². The third-order valence-corrected chi connectivity index (χ3v) is 15.5. The Morgan fingerprint density at radius 3 is 1.45 bits per heavy atom. The van der Waals surface area contributed by atoms with Gasteiger partial charge in [-0.3, -0.25) is 0 Å². The summed E-state index contributed by atoms with van der Waals surface area (Å²) in [5, 5.41) is 24.1. The average molecular weight is 1120 g/mol. The minimum atomic E-state index is -1.30. The molecule has 7 aromatic rings. The number of hydrogen-bond donors (Lipinski definition) is 3. The van der Waals surface area contributed by atoms with Crippen LogP contribution in [0.1, 0.15) is 96.5 Å². The molecule has 0 spiro atoms. The van der Waals surface area contributed by atoms with E-state index in [-0.39, 0.29) is 78.8 Å². The molecule has 0 radical (unpaired) electrons. The van der Waals surface area contributed by atoms with Crippen molar-refractivity contribution in [2.45, 2.75) is 76.9 Å². The average Bonchev–Trinajstić information content (AvgIpc) is 3.53. The lowest BCUT2D eigenvalue weighted by atomic mass is 9.98. The third-order valence-electron chi connectivity index (χ3n) is 15.5. The number of carbonyl (C=O) groups is 5. The summed E-state index contributed by atoms with van der Waals surface area (Å²) in [5.74, 6) is -2.53. The maximum Gasteiger partial charge on any atom is 0.409 e. The summed E-state index contributed by atoms with van der Waals surface area (Å²) in [6.45, 7) is 8.03. The molecule has 17 nitrogen and oxygen atoms in total. The van der Waals surface area contributed by atoms with E-state index in [1.54, 1.807) is 41.8 Å². The molecule has 17 heteroatoms. The second-order valence-electron chi connectivity index (χ2n) is 20.5. The molecule has 428 valence electrons. The Kier molecular flexibility index (Phi) is 17.8. The lowest BCUT2D eigenvalue weighted by molar-refractivity contribution is -0.146. The van der Waals surface area contributed by atoms with Crippen molar-refractivity contribution in [3.05, 3.63) is 185 Å². The van der Waals surface area contributed by atoms with Crippen LogP contribution in [0.5, 0.6) is 17.4 Å². The van der Waals surface area contributed by atoms with Crippen LogP contribution < -0.4 is 14.8 Å². The van der Waals surface area contributed by atoms with Crippen molar-refractivity contribution in [3.8, 4) is 39.6 Å². The number of rotatable bonds is 16. The van der Waals surface area contributed by atoms with Gasteiger partial charge in [0.2, 0.25) is 5.88 Å². The molecule has 0 atom stereocenters. The molecule has 6 aromatic carbocycles. The van der Waals surface area contributed by atoms with Crippen molar-refractivity contribution >= 4 is 46.7 Å². The Hall–Kier alpha value is -9.38. The normalized spacial score (nSPS) is 14.6. The van der Waals surface area contributed by atoms with E-state index in [1.165, 1.54) is 39.6 Å². The molecule has 2 aliphatic carbocycles. The number of amides is 2. The van der Waals surface area contributed by atoms with Crippen LogP contribution in [0.25, 0.3) is 33.2 Å². The summed E-state index contributed by atoms with van der Waals surface area (Å²) in [6.07, 6.45) is 3.20. The number of fused-ring (bicyclic) bond motifs is 7. The molecular weight excluding hydrogens is 1060 g/mol. The number of carbonyl (C=O) groups excluding carboxylic acids is 4. The quantitative estimate of drug-likeness (QED) is 0.0270. The highest BCUT2D eigenvalue weighted by atomic mass is 16.6. The number of aromatic carboxylic acids is 1. The highest BCUT2D eigenvalue weighted by Crippen LogP contribution is 2.46. The maximum atomic E-state index is 13.0. The molecule has 2 saturated heterocycles. The number of aromatic nitrogens is 1. The number of esters is 2. The van der Waals surface area contributed by atoms with Gasteiger partial charge in [0, 0.05) is 81.0 Å². The van der Waals surface area contributed by atoms with E-state index in [0.717, 1.165) is 16.7 Å². The Morgan fingerprint density at radius 1 is 0.566 bits per heavy atom. The fourth-order valence-corrected chi connectivity index (χ4v) is 11.4. The highest BCUT2D eigenvalue weighted by molar-refractivity contribution is 6.14. The molecule has 11 rings (SSSR count). The number of ether oxygens (including phenoxy) is 6. The number of carboxylic acid groups (broad SMARTS) is 1. The van der Waals surface area contributed by atoms with Crippen molar-refractivity contribution in [1.29, 1.82) is 0 Å². The molecular formula is C66H66N4O13. The van der Waals surface area contributed by atoms with Crippen molar-refractivity contribution in [2.75, 3.05) is 57.9 Å². The first-order chi connectivity index (χ1) is 40.4. The van der Waals surface area contributed by atoms with E-state index < -0.39 is 17.9 Å². The van der Waals surface area contributed by atoms with Crippen molar-refractivity contribution in [1.82, 2.24) is 14.8 Å². The van der Waals surface area contributed by atoms with E-state index in [9.17, 15) is 34.2 Å². The third kappa shape index (κ3) is 12.6. The molecule has 83 heavy (non-hydrogen) atoms. The second-order valence-corrected chi connectivity index (χ2v) is 20.5. The van der Waals surface area contributed by atoms with Crippen LogP contribution in [-0.4, -0.2) is 120 Å². The number of likely N-dealkylation sites (tertiary alicyclic amines) is 2. The van der Waals surface area contributed by atoms with Crippen LogP contribution in [0.2, 0.25) is 0 Å². The molecule has 0 bridgehead atoms. The number of aryl methyl sites for hydroxylation is 1.